The molecule has 46 heavy (non-hydrogen) atoms. The molecule has 14 heteroatoms. The summed E-state index contributed by atoms with van der Waals surface area (Å²) in [5.74, 6) is -3.63. The van der Waals surface area contributed by atoms with E-state index < -0.39 is 34.7 Å². The molecule has 0 radical (unpaired) electrons. The van der Waals surface area contributed by atoms with Gasteiger partial charge in [-0.25, -0.2) is 18.7 Å². The molecule has 2 aliphatic rings. The summed E-state index contributed by atoms with van der Waals surface area (Å²) < 4.78 is 60.1. The standard InChI is InChI=1S/C32H34F3N7O4/c1-44-22-8-4-20(5-9-22)18-45-28-24(33)16-23(26(34)27(28)35)30(43)38-17-19-2-6-21(7-3-19)29-40-31(46-41-29)25-10-11-37-32(39-25)42-14-12-36-13-15-42/h4-5,8-11,16,19,21,36H,2-3,6-7,12-15,17-18H2,1H3,(H,38,43). The maximum absolute atomic E-state index is 14.8. The van der Waals surface area contributed by atoms with Crippen molar-refractivity contribution < 1.29 is 32.0 Å². The van der Waals surface area contributed by atoms with E-state index in [0.717, 1.165) is 51.9 Å². The lowest BCUT2D eigenvalue weighted by molar-refractivity contribution is 0.0936. The second-order valence-corrected chi connectivity index (χ2v) is 11.4. The number of carbonyl (C=O) groups is 1. The fourth-order valence-electron chi connectivity index (χ4n) is 5.70. The molecule has 6 rings (SSSR count). The van der Waals surface area contributed by atoms with E-state index in [-0.39, 0.29) is 25.0 Å². The van der Waals surface area contributed by atoms with Crippen molar-refractivity contribution in [3.63, 3.8) is 0 Å². The summed E-state index contributed by atoms with van der Waals surface area (Å²) in [6, 6.07) is 9.04. The van der Waals surface area contributed by atoms with Gasteiger partial charge >= 0.3 is 0 Å². The number of piperazine rings is 1. The van der Waals surface area contributed by atoms with E-state index in [1.54, 1.807) is 36.5 Å². The van der Waals surface area contributed by atoms with E-state index in [1.165, 1.54) is 7.11 Å². The molecule has 0 spiro atoms. The van der Waals surface area contributed by atoms with Gasteiger partial charge in [-0.1, -0.05) is 17.3 Å². The Hall–Kier alpha value is -4.72. The van der Waals surface area contributed by atoms with Crippen LogP contribution in [0.5, 0.6) is 11.5 Å². The van der Waals surface area contributed by atoms with Crippen LogP contribution in [0.4, 0.5) is 19.1 Å². The number of nitrogens with one attached hydrogen (secondary N) is 2. The number of nitrogens with zero attached hydrogens (tertiary/aromatic N) is 5. The zero-order valence-corrected chi connectivity index (χ0v) is 25.3. The summed E-state index contributed by atoms with van der Waals surface area (Å²) in [7, 11) is 1.51. The Kier molecular flexibility index (Phi) is 9.62. The minimum atomic E-state index is -1.55. The van der Waals surface area contributed by atoms with Crippen LogP contribution in [-0.4, -0.2) is 65.8 Å². The molecule has 1 aliphatic carbocycles. The van der Waals surface area contributed by atoms with Crippen molar-refractivity contribution in [1.82, 2.24) is 30.7 Å². The van der Waals surface area contributed by atoms with Gasteiger partial charge in [0.15, 0.2) is 23.2 Å². The summed E-state index contributed by atoms with van der Waals surface area (Å²) in [5.41, 5.74) is 0.447. The van der Waals surface area contributed by atoms with Crippen molar-refractivity contribution in [3.05, 3.63) is 77.0 Å². The number of anilines is 1. The highest BCUT2D eigenvalue weighted by atomic mass is 19.2. The molecule has 2 N–H and O–H groups in total. The smallest absolute Gasteiger partial charge is 0.276 e. The van der Waals surface area contributed by atoms with E-state index in [1.807, 2.05) is 0 Å². The number of halogens is 3. The van der Waals surface area contributed by atoms with Gasteiger partial charge in [0.25, 0.3) is 11.8 Å². The lowest BCUT2D eigenvalue weighted by Gasteiger charge is -2.27. The number of hydrogen-bond acceptors (Lipinski definition) is 10. The Labute approximate surface area is 263 Å². The highest BCUT2D eigenvalue weighted by Crippen LogP contribution is 2.35. The van der Waals surface area contributed by atoms with Gasteiger partial charge in [0, 0.05) is 44.8 Å². The van der Waals surface area contributed by atoms with Crippen molar-refractivity contribution >= 4 is 11.9 Å². The number of methoxy groups -OCH3 is 1. The zero-order chi connectivity index (χ0) is 32.0. The van der Waals surface area contributed by atoms with E-state index in [2.05, 4.69) is 35.6 Å². The van der Waals surface area contributed by atoms with E-state index in [0.29, 0.717) is 40.7 Å². The van der Waals surface area contributed by atoms with Crippen LogP contribution < -0.4 is 25.0 Å². The van der Waals surface area contributed by atoms with Crippen molar-refractivity contribution in [2.75, 3.05) is 44.7 Å². The quantitative estimate of drug-likeness (QED) is 0.237. The summed E-state index contributed by atoms with van der Waals surface area (Å²) in [6.45, 7) is 3.41. The molecule has 2 aromatic carbocycles. The molecule has 11 nitrogen and oxygen atoms in total. The van der Waals surface area contributed by atoms with Crippen molar-refractivity contribution in [2.24, 2.45) is 5.92 Å². The van der Waals surface area contributed by atoms with Gasteiger partial charge < -0.3 is 29.5 Å². The van der Waals surface area contributed by atoms with Crippen LogP contribution >= 0.6 is 0 Å². The molecule has 2 fully saturated rings. The molecule has 242 valence electrons. The van der Waals surface area contributed by atoms with Gasteiger partial charge in [-0.15, -0.1) is 0 Å². The second-order valence-electron chi connectivity index (χ2n) is 11.4. The number of carbonyl (C=O) groups excluding carboxylic acids is 1. The maximum atomic E-state index is 14.8. The van der Waals surface area contributed by atoms with Gasteiger partial charge in [-0.2, -0.15) is 9.37 Å². The minimum absolute atomic E-state index is 0.0741. The van der Waals surface area contributed by atoms with Crippen LogP contribution in [0.2, 0.25) is 0 Å². The number of hydrogen-bond donors (Lipinski definition) is 2. The van der Waals surface area contributed by atoms with Crippen LogP contribution in [0.3, 0.4) is 0 Å². The van der Waals surface area contributed by atoms with Crippen LogP contribution in [0.15, 0.2) is 47.1 Å². The maximum Gasteiger partial charge on any atom is 0.276 e. The SMILES string of the molecule is COc1ccc(COc2c(F)cc(C(=O)NCC3CCC(c4noc(-c5ccnc(N6CCNCC6)n5)n4)CC3)c(F)c2F)cc1. The van der Waals surface area contributed by atoms with Crippen molar-refractivity contribution in [2.45, 2.75) is 38.2 Å². The fourth-order valence-corrected chi connectivity index (χ4v) is 5.70. The molecule has 1 saturated heterocycles. The average Bonchev–Trinajstić information content (AvgIpc) is 3.60. The number of rotatable bonds is 10. The third-order valence-electron chi connectivity index (χ3n) is 8.37. The van der Waals surface area contributed by atoms with Crippen LogP contribution in [0, 0.1) is 23.4 Å². The topological polar surface area (TPSA) is 128 Å². The molecular formula is C32H34F3N7O4. The summed E-state index contributed by atoms with van der Waals surface area (Å²) in [5, 5.41) is 10.1. The van der Waals surface area contributed by atoms with Gasteiger partial charge in [0.1, 0.15) is 18.1 Å². The molecule has 0 atom stereocenters. The third kappa shape index (κ3) is 7.06. The predicted molar refractivity (Wildman–Crippen MR) is 161 cm³/mol. The highest BCUT2D eigenvalue weighted by molar-refractivity contribution is 5.94. The molecular weight excluding hydrogens is 603 g/mol. The van der Waals surface area contributed by atoms with Crippen LogP contribution in [-0.2, 0) is 6.61 Å². The Morgan fingerprint density at radius 2 is 1.80 bits per heavy atom. The average molecular weight is 638 g/mol. The Balaban J connectivity index is 1.00. The summed E-state index contributed by atoms with van der Waals surface area (Å²) in [4.78, 5) is 28.4. The lowest BCUT2D eigenvalue weighted by atomic mass is 9.81. The molecule has 0 bridgehead atoms. The number of aromatic nitrogens is 4. The first-order chi connectivity index (χ1) is 22.4. The normalized spacial score (nSPS) is 18.3. The molecule has 1 aliphatic heterocycles. The van der Waals surface area contributed by atoms with Crippen molar-refractivity contribution in [1.29, 1.82) is 0 Å². The van der Waals surface area contributed by atoms with Gasteiger partial charge in [0.05, 0.1) is 12.7 Å². The van der Waals surface area contributed by atoms with Gasteiger partial charge in [-0.3, -0.25) is 4.79 Å². The van der Waals surface area contributed by atoms with Gasteiger partial charge in [-0.05, 0) is 61.4 Å². The molecule has 0 unspecified atom stereocenters. The summed E-state index contributed by atoms with van der Waals surface area (Å²) >= 11 is 0. The number of ether oxygens (including phenoxy) is 2. The third-order valence-corrected chi connectivity index (χ3v) is 8.37. The van der Waals surface area contributed by atoms with Crippen LogP contribution in [0.1, 0.15) is 53.3 Å². The highest BCUT2D eigenvalue weighted by Gasteiger charge is 2.28. The first-order valence-corrected chi connectivity index (χ1v) is 15.2. The van der Waals surface area contributed by atoms with Gasteiger partial charge in [0.2, 0.25) is 11.8 Å². The first-order valence-electron chi connectivity index (χ1n) is 15.2. The molecule has 4 aromatic rings. The van der Waals surface area contributed by atoms with E-state index in [4.69, 9.17) is 14.0 Å². The molecule has 2 aromatic heterocycles. The molecule has 1 amide bonds. The fraction of sp³-hybridized carbons (Fsp3) is 0.406. The minimum Gasteiger partial charge on any atom is -0.497 e. The predicted octanol–water partition coefficient (Wildman–Crippen LogP) is 4.64. The molecule has 3 heterocycles. The first kappa shape index (κ1) is 31.3. The summed E-state index contributed by atoms with van der Waals surface area (Å²) in [6.07, 6.45) is 4.70. The molecule has 1 saturated carbocycles. The lowest BCUT2D eigenvalue weighted by Crippen LogP contribution is -2.44. The second kappa shape index (κ2) is 14.1. The van der Waals surface area contributed by atoms with E-state index >= 15 is 0 Å². The Morgan fingerprint density at radius 3 is 2.54 bits per heavy atom. The Bertz CT molecular complexity index is 1660. The number of benzene rings is 2. The number of amides is 1. The zero-order valence-electron chi connectivity index (χ0n) is 25.3. The van der Waals surface area contributed by atoms with E-state index in [9.17, 15) is 18.0 Å². The monoisotopic (exact) mass is 637 g/mol. The largest absolute Gasteiger partial charge is 0.497 e. The van der Waals surface area contributed by atoms with Crippen LogP contribution in [0.25, 0.3) is 11.6 Å². The Morgan fingerprint density at radius 1 is 1.04 bits per heavy atom. The van der Waals surface area contributed by atoms with Crippen molar-refractivity contribution in [3.8, 4) is 23.1 Å².